The third-order valence-electron chi connectivity index (χ3n) is 4.76. The van der Waals surface area contributed by atoms with Crippen LogP contribution in [0.4, 0.5) is 0 Å². The summed E-state index contributed by atoms with van der Waals surface area (Å²) in [5.74, 6) is 0.284. The molecule has 0 unspecified atom stereocenters. The number of aryl methyl sites for hydroxylation is 1. The van der Waals surface area contributed by atoms with E-state index >= 15 is 0 Å². The zero-order valence-electron chi connectivity index (χ0n) is 14.0. The van der Waals surface area contributed by atoms with Crippen LogP contribution >= 0.6 is 0 Å². The normalized spacial score (nSPS) is 17.2. The molecule has 0 spiro atoms. The van der Waals surface area contributed by atoms with Gasteiger partial charge in [-0.25, -0.2) is 17.9 Å². The Morgan fingerprint density at radius 3 is 2.52 bits per heavy atom. The molecule has 2 aromatic heterocycles. The second-order valence-electron chi connectivity index (χ2n) is 6.42. The Kier molecular flexibility index (Phi) is 4.05. The van der Waals surface area contributed by atoms with Crippen LogP contribution in [-0.4, -0.2) is 40.4 Å². The van der Waals surface area contributed by atoms with Crippen LogP contribution in [-0.2, 0) is 10.0 Å². The molecular formula is C18H20N4O2S. The molecule has 1 aliphatic heterocycles. The number of nitrogens with zero attached hydrogens (tertiary/aromatic N) is 4. The lowest BCUT2D eigenvalue weighted by Crippen LogP contribution is -2.38. The highest BCUT2D eigenvalue weighted by Crippen LogP contribution is 2.30. The summed E-state index contributed by atoms with van der Waals surface area (Å²) in [5.41, 5.74) is 2.88. The highest BCUT2D eigenvalue weighted by Gasteiger charge is 2.30. The smallest absolute Gasteiger partial charge is 0.237 e. The lowest BCUT2D eigenvalue weighted by Gasteiger charge is -2.31. The summed E-state index contributed by atoms with van der Waals surface area (Å²) in [7, 11) is -3.41. The van der Waals surface area contributed by atoms with Crippen molar-refractivity contribution in [3.63, 3.8) is 0 Å². The number of benzene rings is 1. The first-order valence-electron chi connectivity index (χ1n) is 8.42. The molecule has 25 heavy (non-hydrogen) atoms. The zero-order chi connectivity index (χ0) is 17.4. The molecule has 0 saturated carbocycles. The standard InChI is InChI=1S/C18H20N4O2S/c1-14-13-18-19-10-7-17(22(18)20-14)15-8-11-21(12-9-15)25(23,24)16-5-3-2-4-6-16/h2-7,10,13,15H,8-9,11-12H2,1H3. The van der Waals surface area contributed by atoms with E-state index in [0.717, 1.165) is 29.9 Å². The van der Waals surface area contributed by atoms with Crippen molar-refractivity contribution in [2.75, 3.05) is 13.1 Å². The molecule has 3 aromatic rings. The second kappa shape index (κ2) is 6.24. The largest absolute Gasteiger partial charge is 0.243 e. The van der Waals surface area contributed by atoms with Gasteiger partial charge in [0.1, 0.15) is 0 Å². The maximum absolute atomic E-state index is 12.7. The predicted octanol–water partition coefficient (Wildman–Crippen LogP) is 2.61. The fraction of sp³-hybridized carbons (Fsp3) is 0.333. The van der Waals surface area contributed by atoms with Gasteiger partial charge < -0.3 is 0 Å². The van der Waals surface area contributed by atoms with Crippen molar-refractivity contribution in [1.82, 2.24) is 18.9 Å². The van der Waals surface area contributed by atoms with Crippen LogP contribution in [0.3, 0.4) is 0 Å². The molecule has 0 N–H and O–H groups in total. The molecule has 7 heteroatoms. The fourth-order valence-electron chi connectivity index (χ4n) is 3.47. The molecule has 0 atom stereocenters. The van der Waals surface area contributed by atoms with E-state index in [9.17, 15) is 8.42 Å². The number of rotatable bonds is 3. The van der Waals surface area contributed by atoms with Crippen molar-refractivity contribution in [2.24, 2.45) is 0 Å². The molecule has 1 aromatic carbocycles. The van der Waals surface area contributed by atoms with Gasteiger partial charge in [0.15, 0.2) is 5.65 Å². The topological polar surface area (TPSA) is 67.6 Å². The summed E-state index contributed by atoms with van der Waals surface area (Å²) in [6, 6.07) is 12.6. The number of piperidine rings is 1. The van der Waals surface area contributed by atoms with E-state index in [4.69, 9.17) is 0 Å². The highest BCUT2D eigenvalue weighted by molar-refractivity contribution is 7.89. The Morgan fingerprint density at radius 1 is 1.08 bits per heavy atom. The Hall–Kier alpha value is -2.25. The summed E-state index contributed by atoms with van der Waals surface area (Å²) >= 11 is 0. The highest BCUT2D eigenvalue weighted by atomic mass is 32.2. The summed E-state index contributed by atoms with van der Waals surface area (Å²) in [6.07, 6.45) is 3.37. The Morgan fingerprint density at radius 2 is 1.80 bits per heavy atom. The average molecular weight is 356 g/mol. The molecule has 0 aliphatic carbocycles. The summed E-state index contributed by atoms with van der Waals surface area (Å²) < 4.78 is 29.0. The molecule has 6 nitrogen and oxygen atoms in total. The molecule has 4 rings (SSSR count). The van der Waals surface area contributed by atoms with Crippen LogP contribution in [0, 0.1) is 6.92 Å². The number of sulfonamides is 1. The SMILES string of the molecule is Cc1cc2nccc(C3CCN(S(=O)(=O)c4ccccc4)CC3)n2n1. The van der Waals surface area contributed by atoms with Crippen molar-refractivity contribution in [3.8, 4) is 0 Å². The van der Waals surface area contributed by atoms with Crippen LogP contribution in [0.2, 0.25) is 0 Å². The minimum atomic E-state index is -3.41. The molecule has 1 aliphatic rings. The molecule has 1 fully saturated rings. The fourth-order valence-corrected chi connectivity index (χ4v) is 4.96. The van der Waals surface area contributed by atoms with Gasteiger partial charge in [0, 0.05) is 37.0 Å². The van der Waals surface area contributed by atoms with Crippen LogP contribution in [0.1, 0.15) is 30.1 Å². The van der Waals surface area contributed by atoms with Gasteiger partial charge in [-0.05, 0) is 38.0 Å². The first-order chi connectivity index (χ1) is 12.1. The van der Waals surface area contributed by atoms with Gasteiger partial charge in [-0.1, -0.05) is 18.2 Å². The van der Waals surface area contributed by atoms with E-state index in [0.29, 0.717) is 18.0 Å². The van der Waals surface area contributed by atoms with Gasteiger partial charge >= 0.3 is 0 Å². The van der Waals surface area contributed by atoms with Crippen molar-refractivity contribution in [2.45, 2.75) is 30.6 Å². The predicted molar refractivity (Wildman–Crippen MR) is 94.9 cm³/mol. The van der Waals surface area contributed by atoms with Gasteiger partial charge in [0.05, 0.1) is 10.6 Å². The molecule has 130 valence electrons. The number of fused-ring (bicyclic) bond motifs is 1. The van der Waals surface area contributed by atoms with Crippen molar-refractivity contribution in [1.29, 1.82) is 0 Å². The summed E-state index contributed by atoms with van der Waals surface area (Å²) in [6.45, 7) is 2.99. The van der Waals surface area contributed by atoms with Crippen LogP contribution in [0.25, 0.3) is 5.65 Å². The number of hydrogen-bond donors (Lipinski definition) is 0. The minimum Gasteiger partial charge on any atom is -0.237 e. The van der Waals surface area contributed by atoms with Crippen LogP contribution < -0.4 is 0 Å². The van der Waals surface area contributed by atoms with Crippen LogP contribution in [0.5, 0.6) is 0 Å². The van der Waals surface area contributed by atoms with Crippen molar-refractivity contribution >= 4 is 15.7 Å². The van der Waals surface area contributed by atoms with E-state index in [1.807, 2.05) is 29.6 Å². The molecule has 0 radical (unpaired) electrons. The number of aromatic nitrogens is 3. The van der Waals surface area contributed by atoms with Crippen molar-refractivity contribution < 1.29 is 8.42 Å². The van der Waals surface area contributed by atoms with Gasteiger partial charge in [-0.3, -0.25) is 0 Å². The monoisotopic (exact) mass is 356 g/mol. The first-order valence-corrected chi connectivity index (χ1v) is 9.86. The van der Waals surface area contributed by atoms with Crippen LogP contribution in [0.15, 0.2) is 53.6 Å². The van der Waals surface area contributed by atoms with E-state index < -0.39 is 10.0 Å². The summed E-state index contributed by atoms with van der Waals surface area (Å²) in [5, 5.41) is 4.53. The second-order valence-corrected chi connectivity index (χ2v) is 8.35. The Bertz CT molecular complexity index is 990. The van der Waals surface area contributed by atoms with E-state index in [1.165, 1.54) is 0 Å². The Balaban J connectivity index is 1.55. The van der Waals surface area contributed by atoms with Gasteiger partial charge in [-0.2, -0.15) is 9.40 Å². The van der Waals surface area contributed by atoms with E-state index in [2.05, 4.69) is 10.1 Å². The van der Waals surface area contributed by atoms with Gasteiger partial charge in [0.2, 0.25) is 10.0 Å². The quantitative estimate of drug-likeness (QED) is 0.723. The summed E-state index contributed by atoms with van der Waals surface area (Å²) in [4.78, 5) is 4.71. The van der Waals surface area contributed by atoms with Gasteiger partial charge in [-0.15, -0.1) is 0 Å². The van der Waals surface area contributed by atoms with E-state index in [1.54, 1.807) is 34.8 Å². The molecule has 0 bridgehead atoms. The number of hydrogen-bond acceptors (Lipinski definition) is 4. The average Bonchev–Trinajstić information content (AvgIpc) is 3.02. The van der Waals surface area contributed by atoms with E-state index in [-0.39, 0.29) is 5.92 Å². The third kappa shape index (κ3) is 2.94. The molecule has 3 heterocycles. The van der Waals surface area contributed by atoms with Gasteiger partial charge in [0.25, 0.3) is 0 Å². The Labute approximate surface area is 147 Å². The first kappa shape index (κ1) is 16.2. The maximum Gasteiger partial charge on any atom is 0.243 e. The molecule has 1 saturated heterocycles. The van der Waals surface area contributed by atoms with Crippen molar-refractivity contribution in [3.05, 3.63) is 60.0 Å². The molecular weight excluding hydrogens is 336 g/mol. The third-order valence-corrected chi connectivity index (χ3v) is 6.68. The molecule has 0 amide bonds. The lowest BCUT2D eigenvalue weighted by molar-refractivity contribution is 0.314. The zero-order valence-corrected chi connectivity index (χ0v) is 14.9. The maximum atomic E-state index is 12.7. The minimum absolute atomic E-state index is 0.284. The lowest BCUT2D eigenvalue weighted by atomic mass is 9.94.